The number of aliphatic hydroxyl groups excluding tert-OH is 1. The molecule has 0 aliphatic rings. The van der Waals surface area contributed by atoms with Gasteiger partial charge in [0.25, 0.3) is 5.69 Å². The van der Waals surface area contributed by atoms with Crippen molar-refractivity contribution < 1.29 is 10.0 Å². The van der Waals surface area contributed by atoms with Gasteiger partial charge in [0.05, 0.1) is 39.2 Å². The molecule has 0 aliphatic heterocycles. The van der Waals surface area contributed by atoms with E-state index in [1.165, 1.54) is 12.1 Å². The van der Waals surface area contributed by atoms with Crippen LogP contribution in [0.1, 0.15) is 17.0 Å². The van der Waals surface area contributed by atoms with Crippen molar-refractivity contribution in [1.29, 1.82) is 0 Å². The van der Waals surface area contributed by atoms with E-state index in [2.05, 4.69) is 5.10 Å². The molecule has 19 heavy (non-hydrogen) atoms. The second kappa shape index (κ2) is 4.99. The number of rotatable bonds is 3. The average Bonchev–Trinajstić information content (AvgIpc) is 2.65. The molecule has 1 aromatic heterocycles. The molecule has 0 bridgehead atoms. The van der Waals surface area contributed by atoms with Gasteiger partial charge in [0.2, 0.25) is 0 Å². The van der Waals surface area contributed by atoms with E-state index in [0.717, 1.165) is 5.69 Å². The van der Waals surface area contributed by atoms with Crippen LogP contribution < -0.4 is 0 Å². The number of hydrogen-bond acceptors (Lipinski definition) is 4. The molecule has 2 aromatic rings. The molecule has 1 heterocycles. The molecule has 2 rings (SSSR count). The zero-order chi connectivity index (χ0) is 14.2. The van der Waals surface area contributed by atoms with E-state index >= 15 is 0 Å². The Morgan fingerprint density at radius 2 is 2.16 bits per heavy atom. The minimum atomic E-state index is -0.524. The lowest BCUT2D eigenvalue weighted by Crippen LogP contribution is -2.02. The lowest BCUT2D eigenvalue weighted by Gasteiger charge is -2.06. The van der Waals surface area contributed by atoms with Crippen molar-refractivity contribution in [3.63, 3.8) is 0 Å². The van der Waals surface area contributed by atoms with Gasteiger partial charge in [-0.2, -0.15) is 5.10 Å². The predicted octanol–water partition coefficient (Wildman–Crippen LogP) is 2.54. The van der Waals surface area contributed by atoms with E-state index in [0.29, 0.717) is 16.4 Å². The molecule has 0 saturated carbocycles. The Morgan fingerprint density at radius 3 is 2.63 bits per heavy atom. The van der Waals surface area contributed by atoms with E-state index in [-0.39, 0.29) is 11.3 Å². The lowest BCUT2D eigenvalue weighted by molar-refractivity contribution is -0.385. The van der Waals surface area contributed by atoms with Crippen LogP contribution >= 0.6 is 11.6 Å². The molecule has 0 atom stereocenters. The third kappa shape index (κ3) is 2.32. The molecule has 0 radical (unpaired) electrons. The van der Waals surface area contributed by atoms with Crippen LogP contribution in [0, 0.1) is 24.0 Å². The topological polar surface area (TPSA) is 81.2 Å². The van der Waals surface area contributed by atoms with Crippen LogP contribution in [-0.2, 0) is 6.61 Å². The Labute approximate surface area is 114 Å². The number of aliphatic hydroxyl groups is 1. The van der Waals surface area contributed by atoms with Crippen LogP contribution in [0.15, 0.2) is 18.2 Å². The molecule has 6 nitrogen and oxygen atoms in total. The molecular formula is C12H12ClN3O3. The molecule has 0 fully saturated rings. The Morgan fingerprint density at radius 1 is 1.47 bits per heavy atom. The summed E-state index contributed by atoms with van der Waals surface area (Å²) in [6, 6.07) is 4.46. The molecule has 0 aliphatic carbocycles. The molecule has 0 amide bonds. The summed E-state index contributed by atoms with van der Waals surface area (Å²) < 4.78 is 1.60. The minimum absolute atomic E-state index is 0.112. The maximum atomic E-state index is 10.8. The van der Waals surface area contributed by atoms with Gasteiger partial charge in [-0.05, 0) is 26.0 Å². The number of nitrogens with zero attached hydrogens (tertiary/aromatic N) is 3. The fourth-order valence-corrected chi connectivity index (χ4v) is 2.00. The molecule has 0 spiro atoms. The van der Waals surface area contributed by atoms with Crippen molar-refractivity contribution in [2.24, 2.45) is 0 Å². The molecule has 1 N–H and O–H groups in total. The van der Waals surface area contributed by atoms with Gasteiger partial charge in [0.15, 0.2) is 0 Å². The monoisotopic (exact) mass is 281 g/mol. The summed E-state index contributed by atoms with van der Waals surface area (Å²) in [6.45, 7) is 3.18. The first-order chi connectivity index (χ1) is 8.95. The smallest absolute Gasteiger partial charge is 0.275 e. The van der Waals surface area contributed by atoms with E-state index < -0.39 is 11.5 Å². The highest BCUT2D eigenvalue weighted by molar-refractivity contribution is 6.31. The SMILES string of the molecule is Cc1nn(-c2ccc([N+](=O)[O-])c(CO)c2)c(C)c1Cl. The predicted molar refractivity (Wildman–Crippen MR) is 70.6 cm³/mol. The van der Waals surface area contributed by atoms with Crippen molar-refractivity contribution >= 4 is 17.3 Å². The third-order valence-electron chi connectivity index (χ3n) is 2.88. The summed E-state index contributed by atoms with van der Waals surface area (Å²) in [5.74, 6) is 0. The standard InChI is InChI=1S/C12H12ClN3O3/c1-7-12(13)8(2)15(14-7)10-3-4-11(16(18)19)9(5-10)6-17/h3-5,17H,6H2,1-2H3. The summed E-state index contributed by atoms with van der Waals surface area (Å²) in [4.78, 5) is 10.3. The summed E-state index contributed by atoms with van der Waals surface area (Å²) in [6.07, 6.45) is 0. The van der Waals surface area contributed by atoms with Crippen LogP contribution in [0.5, 0.6) is 0 Å². The van der Waals surface area contributed by atoms with Gasteiger partial charge in [-0.1, -0.05) is 11.6 Å². The van der Waals surface area contributed by atoms with Gasteiger partial charge in [-0.15, -0.1) is 0 Å². The maximum absolute atomic E-state index is 10.8. The van der Waals surface area contributed by atoms with Gasteiger partial charge in [-0.25, -0.2) is 4.68 Å². The van der Waals surface area contributed by atoms with Crippen LogP contribution in [-0.4, -0.2) is 19.8 Å². The van der Waals surface area contributed by atoms with Gasteiger partial charge < -0.3 is 5.11 Å². The number of nitro benzene ring substituents is 1. The van der Waals surface area contributed by atoms with Crippen LogP contribution in [0.25, 0.3) is 5.69 Å². The Hall–Kier alpha value is -1.92. The Kier molecular flexibility index (Phi) is 3.55. The zero-order valence-electron chi connectivity index (χ0n) is 10.4. The molecule has 0 saturated heterocycles. The Balaban J connectivity index is 2.58. The van der Waals surface area contributed by atoms with Crippen molar-refractivity contribution in [1.82, 2.24) is 9.78 Å². The van der Waals surface area contributed by atoms with Gasteiger partial charge in [-0.3, -0.25) is 10.1 Å². The summed E-state index contributed by atoms with van der Waals surface area (Å²) >= 11 is 6.06. The van der Waals surface area contributed by atoms with Crippen molar-refractivity contribution in [2.75, 3.05) is 0 Å². The third-order valence-corrected chi connectivity index (χ3v) is 3.42. The molecule has 0 unspecified atom stereocenters. The lowest BCUT2D eigenvalue weighted by atomic mass is 10.1. The van der Waals surface area contributed by atoms with Crippen molar-refractivity contribution in [3.05, 3.63) is 50.3 Å². The second-order valence-corrected chi connectivity index (χ2v) is 4.50. The van der Waals surface area contributed by atoms with Crippen molar-refractivity contribution in [3.8, 4) is 5.69 Å². The summed E-state index contributed by atoms with van der Waals surface area (Å²) in [7, 11) is 0. The highest BCUT2D eigenvalue weighted by Gasteiger charge is 2.16. The minimum Gasteiger partial charge on any atom is -0.391 e. The van der Waals surface area contributed by atoms with E-state index in [4.69, 9.17) is 11.6 Å². The first kappa shape index (κ1) is 13.5. The number of benzene rings is 1. The fraction of sp³-hybridized carbons (Fsp3) is 0.250. The Bertz CT molecular complexity index is 652. The van der Waals surface area contributed by atoms with Crippen LogP contribution in [0.2, 0.25) is 5.02 Å². The molecule has 1 aromatic carbocycles. The zero-order valence-corrected chi connectivity index (χ0v) is 11.2. The van der Waals surface area contributed by atoms with Gasteiger partial charge >= 0.3 is 0 Å². The number of halogens is 1. The highest BCUT2D eigenvalue weighted by Crippen LogP contribution is 2.26. The van der Waals surface area contributed by atoms with Crippen LogP contribution in [0.3, 0.4) is 0 Å². The van der Waals surface area contributed by atoms with Crippen molar-refractivity contribution in [2.45, 2.75) is 20.5 Å². The van der Waals surface area contributed by atoms with Crippen LogP contribution in [0.4, 0.5) is 5.69 Å². The number of aromatic nitrogens is 2. The largest absolute Gasteiger partial charge is 0.391 e. The highest BCUT2D eigenvalue weighted by atomic mass is 35.5. The molecule has 100 valence electrons. The maximum Gasteiger partial charge on any atom is 0.275 e. The second-order valence-electron chi connectivity index (χ2n) is 4.12. The van der Waals surface area contributed by atoms with E-state index in [1.54, 1.807) is 17.7 Å². The fourth-order valence-electron chi connectivity index (χ4n) is 1.88. The number of nitro groups is 1. The number of hydrogen-bond donors (Lipinski definition) is 1. The van der Waals surface area contributed by atoms with Gasteiger partial charge in [0.1, 0.15) is 0 Å². The van der Waals surface area contributed by atoms with Gasteiger partial charge in [0, 0.05) is 6.07 Å². The molecular weight excluding hydrogens is 270 g/mol. The normalized spacial score (nSPS) is 10.7. The summed E-state index contributed by atoms with van der Waals surface area (Å²) in [5.41, 5.74) is 2.19. The van der Waals surface area contributed by atoms with E-state index in [1.807, 2.05) is 6.92 Å². The molecule has 7 heteroatoms. The first-order valence-electron chi connectivity index (χ1n) is 5.56. The summed E-state index contributed by atoms with van der Waals surface area (Å²) in [5, 5.41) is 24.8. The quantitative estimate of drug-likeness (QED) is 0.692. The van der Waals surface area contributed by atoms with E-state index in [9.17, 15) is 15.2 Å². The number of aryl methyl sites for hydroxylation is 1. The average molecular weight is 282 g/mol. The first-order valence-corrected chi connectivity index (χ1v) is 5.93.